The maximum Gasteiger partial charge on any atom is 0.294 e. The summed E-state index contributed by atoms with van der Waals surface area (Å²) in [6.45, 7) is 2.15. The number of fused-ring (bicyclic) bond motifs is 1. The van der Waals surface area contributed by atoms with Crippen LogP contribution in [-0.2, 0) is 16.5 Å². The molecule has 0 saturated carbocycles. The average molecular weight is 384 g/mol. The van der Waals surface area contributed by atoms with Gasteiger partial charge in [0.25, 0.3) is 10.1 Å². The summed E-state index contributed by atoms with van der Waals surface area (Å²) in [7, 11) is -4.30. The molecular weight excluding hydrogens is 364 g/mol. The maximum absolute atomic E-state index is 11.3. The summed E-state index contributed by atoms with van der Waals surface area (Å²) in [6.07, 6.45) is 3.30. The van der Waals surface area contributed by atoms with Crippen LogP contribution in [0.4, 0.5) is 11.4 Å². The molecule has 0 amide bonds. The van der Waals surface area contributed by atoms with Gasteiger partial charge in [-0.05, 0) is 54.1 Å². The second kappa shape index (κ2) is 7.85. The largest absolute Gasteiger partial charge is 0.506 e. The van der Waals surface area contributed by atoms with Crippen LogP contribution in [0.1, 0.15) is 25.3 Å². The molecule has 0 aliphatic heterocycles. The minimum Gasteiger partial charge on any atom is -0.506 e. The molecule has 6 nitrogen and oxygen atoms in total. The van der Waals surface area contributed by atoms with Gasteiger partial charge in [-0.2, -0.15) is 13.5 Å². The lowest BCUT2D eigenvalue weighted by atomic mass is 10.1. The van der Waals surface area contributed by atoms with E-state index in [9.17, 15) is 18.1 Å². The van der Waals surface area contributed by atoms with Crippen molar-refractivity contribution in [3.8, 4) is 5.75 Å². The zero-order valence-electron chi connectivity index (χ0n) is 14.8. The van der Waals surface area contributed by atoms with Crippen LogP contribution in [0.15, 0.2) is 69.7 Å². The Labute approximate surface area is 157 Å². The van der Waals surface area contributed by atoms with Crippen LogP contribution >= 0.6 is 0 Å². The third-order valence-electron chi connectivity index (χ3n) is 4.26. The lowest BCUT2D eigenvalue weighted by molar-refractivity contribution is 0.477. The van der Waals surface area contributed by atoms with Crippen molar-refractivity contribution < 1.29 is 18.1 Å². The highest BCUT2D eigenvalue weighted by Crippen LogP contribution is 2.37. The van der Waals surface area contributed by atoms with Crippen LogP contribution in [-0.4, -0.2) is 18.1 Å². The third kappa shape index (κ3) is 4.50. The van der Waals surface area contributed by atoms with Gasteiger partial charge < -0.3 is 5.11 Å². The Morgan fingerprint density at radius 1 is 0.963 bits per heavy atom. The van der Waals surface area contributed by atoms with Crippen LogP contribution in [0.2, 0.25) is 0 Å². The second-order valence-corrected chi connectivity index (χ2v) is 7.68. The fraction of sp³-hybridized carbons (Fsp3) is 0.200. The molecule has 3 rings (SSSR count). The number of benzene rings is 3. The van der Waals surface area contributed by atoms with Gasteiger partial charge in [-0.1, -0.05) is 37.6 Å². The average Bonchev–Trinajstić information content (AvgIpc) is 2.65. The molecule has 0 aliphatic rings. The van der Waals surface area contributed by atoms with Crippen molar-refractivity contribution in [3.63, 3.8) is 0 Å². The second-order valence-electron chi connectivity index (χ2n) is 6.26. The van der Waals surface area contributed by atoms with E-state index < -0.39 is 10.1 Å². The molecule has 0 spiro atoms. The number of aryl methyl sites for hydroxylation is 1. The summed E-state index contributed by atoms with van der Waals surface area (Å²) < 4.78 is 31.8. The Kier molecular flexibility index (Phi) is 5.53. The van der Waals surface area contributed by atoms with E-state index in [1.54, 1.807) is 6.07 Å². The van der Waals surface area contributed by atoms with Crippen molar-refractivity contribution in [3.05, 3.63) is 60.2 Å². The van der Waals surface area contributed by atoms with Crippen molar-refractivity contribution in [1.82, 2.24) is 0 Å². The Morgan fingerprint density at radius 3 is 2.37 bits per heavy atom. The number of azo groups is 1. The zero-order valence-corrected chi connectivity index (χ0v) is 15.6. The molecule has 0 saturated heterocycles. The topological polar surface area (TPSA) is 99.3 Å². The highest BCUT2D eigenvalue weighted by atomic mass is 32.2. The van der Waals surface area contributed by atoms with Crippen molar-refractivity contribution in [2.24, 2.45) is 10.2 Å². The fourth-order valence-corrected chi connectivity index (χ4v) is 3.28. The first-order valence-electron chi connectivity index (χ1n) is 8.62. The summed E-state index contributed by atoms with van der Waals surface area (Å²) >= 11 is 0. The summed E-state index contributed by atoms with van der Waals surface area (Å²) in [6, 6.07) is 14.8. The molecule has 0 heterocycles. The molecule has 0 aliphatic carbocycles. The predicted octanol–water partition coefficient (Wildman–Crippen LogP) is 5.55. The van der Waals surface area contributed by atoms with Gasteiger partial charge in [0.15, 0.2) is 0 Å². The minimum atomic E-state index is -4.30. The van der Waals surface area contributed by atoms with Gasteiger partial charge in [0.05, 0.1) is 10.6 Å². The van der Waals surface area contributed by atoms with Crippen molar-refractivity contribution in [1.29, 1.82) is 0 Å². The predicted molar refractivity (Wildman–Crippen MR) is 105 cm³/mol. The van der Waals surface area contributed by atoms with Crippen LogP contribution in [0.3, 0.4) is 0 Å². The molecule has 0 fully saturated rings. The van der Waals surface area contributed by atoms with Gasteiger partial charge in [0.1, 0.15) is 11.4 Å². The van der Waals surface area contributed by atoms with Gasteiger partial charge in [-0.3, -0.25) is 4.55 Å². The first-order valence-corrected chi connectivity index (χ1v) is 10.1. The fourth-order valence-electron chi connectivity index (χ4n) is 2.76. The number of phenols is 1. The number of aromatic hydroxyl groups is 1. The molecule has 140 valence electrons. The molecule has 0 atom stereocenters. The SMILES string of the molecule is CCCCc1ccc(N=Nc2c(O)ccc3cc(S(=O)(=O)O)ccc23)cc1. The number of phenolic OH excluding ortho intramolecular Hbond substituents is 1. The highest BCUT2D eigenvalue weighted by Gasteiger charge is 2.13. The van der Waals surface area contributed by atoms with Crippen LogP contribution in [0, 0.1) is 0 Å². The van der Waals surface area contributed by atoms with E-state index in [2.05, 4.69) is 17.2 Å². The Hall–Kier alpha value is -2.77. The van der Waals surface area contributed by atoms with Crippen molar-refractivity contribution >= 4 is 32.3 Å². The summed E-state index contributed by atoms with van der Waals surface area (Å²) in [5, 5.41) is 19.5. The van der Waals surface area contributed by atoms with Gasteiger partial charge in [0.2, 0.25) is 0 Å². The van der Waals surface area contributed by atoms with E-state index >= 15 is 0 Å². The Morgan fingerprint density at radius 2 is 1.70 bits per heavy atom. The van der Waals surface area contributed by atoms with Gasteiger partial charge in [0, 0.05) is 5.39 Å². The lowest BCUT2D eigenvalue weighted by Crippen LogP contribution is -1.97. The van der Waals surface area contributed by atoms with Crippen LogP contribution in [0.5, 0.6) is 5.75 Å². The number of hydrogen-bond acceptors (Lipinski definition) is 5. The summed E-state index contributed by atoms with van der Waals surface area (Å²) in [5.41, 5.74) is 2.13. The first kappa shape index (κ1) is 19.0. The summed E-state index contributed by atoms with van der Waals surface area (Å²) in [5.74, 6) is -0.0644. The molecular formula is C20H20N2O4S. The molecule has 3 aromatic rings. The van der Waals surface area contributed by atoms with Crippen LogP contribution in [0.25, 0.3) is 10.8 Å². The van der Waals surface area contributed by atoms with E-state index in [4.69, 9.17) is 0 Å². The Bertz CT molecular complexity index is 1090. The van der Waals surface area contributed by atoms with E-state index in [1.165, 1.54) is 29.8 Å². The van der Waals surface area contributed by atoms with Crippen molar-refractivity contribution in [2.75, 3.05) is 0 Å². The number of rotatable bonds is 6. The molecule has 2 N–H and O–H groups in total. The van der Waals surface area contributed by atoms with Gasteiger partial charge in [-0.15, -0.1) is 5.11 Å². The zero-order chi connectivity index (χ0) is 19.4. The van der Waals surface area contributed by atoms with E-state index in [0.29, 0.717) is 16.5 Å². The lowest BCUT2D eigenvalue weighted by Gasteiger charge is -2.06. The van der Waals surface area contributed by atoms with Gasteiger partial charge >= 0.3 is 0 Å². The standard InChI is InChI=1S/C20H20N2O4S/c1-2-3-4-14-5-8-16(9-6-14)21-22-20-18-11-10-17(27(24,25)26)13-15(18)7-12-19(20)23/h5-13,23H,2-4H2,1H3,(H,24,25,26). The monoisotopic (exact) mass is 384 g/mol. The molecule has 0 aromatic heterocycles. The molecule has 0 bridgehead atoms. The van der Waals surface area contributed by atoms with Crippen LogP contribution < -0.4 is 0 Å². The normalized spacial score (nSPS) is 12.1. The number of nitrogens with zero attached hydrogens (tertiary/aromatic N) is 2. The smallest absolute Gasteiger partial charge is 0.294 e. The molecule has 0 unspecified atom stereocenters. The summed E-state index contributed by atoms with van der Waals surface area (Å²) in [4.78, 5) is -0.216. The first-order chi connectivity index (χ1) is 12.9. The van der Waals surface area contributed by atoms with Gasteiger partial charge in [-0.25, -0.2) is 0 Å². The minimum absolute atomic E-state index is 0.0644. The molecule has 0 radical (unpaired) electrons. The van der Waals surface area contributed by atoms with Crippen molar-refractivity contribution in [2.45, 2.75) is 31.1 Å². The Balaban J connectivity index is 1.94. The molecule has 3 aromatic carbocycles. The highest BCUT2D eigenvalue weighted by molar-refractivity contribution is 7.85. The van der Waals surface area contributed by atoms with E-state index in [1.807, 2.05) is 24.3 Å². The number of unbranched alkanes of at least 4 members (excludes halogenated alkanes) is 1. The molecule has 7 heteroatoms. The van der Waals surface area contributed by atoms with E-state index in [-0.39, 0.29) is 16.3 Å². The van der Waals surface area contributed by atoms with E-state index in [0.717, 1.165) is 19.3 Å². The molecule has 27 heavy (non-hydrogen) atoms. The number of hydrogen-bond donors (Lipinski definition) is 2. The third-order valence-corrected chi connectivity index (χ3v) is 5.11. The maximum atomic E-state index is 11.3. The quantitative estimate of drug-likeness (QED) is 0.430.